The Labute approximate surface area is 225 Å². The van der Waals surface area contributed by atoms with Crippen LogP contribution in [-0.2, 0) is 9.53 Å². The molecule has 2 heterocycles. The number of para-hydroxylation sites is 1. The summed E-state index contributed by atoms with van der Waals surface area (Å²) in [5, 5.41) is 11.8. The Kier molecular flexibility index (Phi) is 7.54. The molecule has 2 atom stereocenters. The molecule has 8 nitrogen and oxygen atoms in total. The van der Waals surface area contributed by atoms with Gasteiger partial charge in [0.1, 0.15) is 0 Å². The van der Waals surface area contributed by atoms with Gasteiger partial charge in [0.05, 0.1) is 29.0 Å². The van der Waals surface area contributed by atoms with Gasteiger partial charge in [-0.2, -0.15) is 0 Å². The van der Waals surface area contributed by atoms with Crippen LogP contribution in [0.15, 0.2) is 83.9 Å². The maximum absolute atomic E-state index is 11.7. The van der Waals surface area contributed by atoms with Crippen LogP contribution in [0.4, 0.5) is 5.69 Å². The highest BCUT2D eigenvalue weighted by molar-refractivity contribution is 6.13. The fourth-order valence-corrected chi connectivity index (χ4v) is 5.16. The molecule has 39 heavy (non-hydrogen) atoms. The third kappa shape index (κ3) is 5.75. The first-order valence-corrected chi connectivity index (χ1v) is 12.8. The maximum atomic E-state index is 11.7. The van der Waals surface area contributed by atoms with Gasteiger partial charge in [-0.3, -0.25) is 24.7 Å². The number of benzene rings is 3. The average Bonchev–Trinajstić information content (AvgIpc) is 3.36. The summed E-state index contributed by atoms with van der Waals surface area (Å²) in [6.07, 6.45) is 5.52. The minimum absolute atomic E-state index is 0.0343. The van der Waals surface area contributed by atoms with Gasteiger partial charge in [0.15, 0.2) is 0 Å². The van der Waals surface area contributed by atoms with Gasteiger partial charge in [-0.15, -0.1) is 0 Å². The third-order valence-electron chi connectivity index (χ3n) is 7.26. The van der Waals surface area contributed by atoms with Crippen molar-refractivity contribution >= 4 is 34.7 Å². The molecule has 1 aromatic heterocycles. The number of fused-ring (bicyclic) bond motifs is 2. The summed E-state index contributed by atoms with van der Waals surface area (Å²) in [5.74, 6) is 0.0822. The first-order valence-electron chi connectivity index (χ1n) is 12.8. The van der Waals surface area contributed by atoms with E-state index in [-0.39, 0.29) is 23.5 Å². The Bertz CT molecular complexity index is 1580. The number of nitro groups is 1. The molecule has 3 aromatic carbocycles. The van der Waals surface area contributed by atoms with Gasteiger partial charge >= 0.3 is 5.97 Å². The summed E-state index contributed by atoms with van der Waals surface area (Å²) in [7, 11) is 1.47. The molecule has 2 unspecified atom stereocenters. The highest BCUT2D eigenvalue weighted by Gasteiger charge is 2.29. The fraction of sp³-hybridized carbons (Fsp3) is 0.226. The molecule has 1 aliphatic heterocycles. The van der Waals surface area contributed by atoms with Crippen molar-refractivity contribution in [1.82, 2.24) is 4.98 Å². The van der Waals surface area contributed by atoms with Crippen molar-refractivity contribution in [2.75, 3.05) is 7.11 Å². The van der Waals surface area contributed by atoms with Crippen molar-refractivity contribution in [3.63, 3.8) is 0 Å². The minimum Gasteiger partial charge on any atom is -0.469 e. The number of hydrogen-bond acceptors (Lipinski definition) is 6. The van der Waals surface area contributed by atoms with Gasteiger partial charge in [0.25, 0.3) is 11.6 Å². The number of nitrogens with zero attached hydrogens (tertiary/aromatic N) is 3. The van der Waals surface area contributed by atoms with Gasteiger partial charge < -0.3 is 4.74 Å². The summed E-state index contributed by atoms with van der Waals surface area (Å²) in [5.41, 5.74) is 5.22. The number of methoxy groups -OCH3 is 1. The summed E-state index contributed by atoms with van der Waals surface area (Å²) in [6, 6.07) is 24.0. The molecule has 6 rings (SSSR count). The van der Waals surface area contributed by atoms with Gasteiger partial charge in [0.2, 0.25) is 0 Å². The Morgan fingerprint density at radius 1 is 0.974 bits per heavy atom. The number of rotatable bonds is 4. The summed E-state index contributed by atoms with van der Waals surface area (Å²) < 4.78 is 4.88. The Morgan fingerprint density at radius 2 is 1.74 bits per heavy atom. The SMILES string of the molecule is COC(=O)C1CCCC(c2ccc3ccccc3n2)C1.O=C1N=Cc2ccc(-c3ccc([N+](=O)[O-])cc3)cc21. The van der Waals surface area contributed by atoms with E-state index in [9.17, 15) is 19.7 Å². The Balaban J connectivity index is 0.000000158. The van der Waals surface area contributed by atoms with Crippen molar-refractivity contribution < 1.29 is 19.2 Å². The minimum atomic E-state index is -0.441. The van der Waals surface area contributed by atoms with Crippen LogP contribution in [0.25, 0.3) is 22.0 Å². The van der Waals surface area contributed by atoms with Crippen LogP contribution in [0.5, 0.6) is 0 Å². The number of aromatic nitrogens is 1. The van der Waals surface area contributed by atoms with Crippen LogP contribution in [-0.4, -0.2) is 35.1 Å². The summed E-state index contributed by atoms with van der Waals surface area (Å²) in [4.78, 5) is 41.9. The lowest BCUT2D eigenvalue weighted by Gasteiger charge is -2.27. The molecule has 0 spiro atoms. The smallest absolute Gasteiger partial charge is 0.308 e. The van der Waals surface area contributed by atoms with E-state index in [0.717, 1.165) is 59.0 Å². The van der Waals surface area contributed by atoms with E-state index in [1.54, 1.807) is 18.2 Å². The predicted molar refractivity (Wildman–Crippen MR) is 149 cm³/mol. The highest BCUT2D eigenvalue weighted by atomic mass is 16.6. The maximum Gasteiger partial charge on any atom is 0.308 e. The molecular formula is C31H27N3O5. The number of pyridine rings is 1. The lowest BCUT2D eigenvalue weighted by Crippen LogP contribution is -2.23. The molecule has 8 heteroatoms. The van der Waals surface area contributed by atoms with E-state index in [1.165, 1.54) is 25.5 Å². The second kappa shape index (κ2) is 11.3. The molecule has 0 N–H and O–H groups in total. The highest BCUT2D eigenvalue weighted by Crippen LogP contribution is 2.36. The molecule has 0 bridgehead atoms. The third-order valence-corrected chi connectivity index (χ3v) is 7.26. The van der Waals surface area contributed by atoms with Gasteiger partial charge in [0, 0.05) is 40.9 Å². The average molecular weight is 522 g/mol. The lowest BCUT2D eigenvalue weighted by atomic mass is 9.79. The first-order chi connectivity index (χ1) is 18.9. The number of nitro benzene ring substituents is 1. The van der Waals surface area contributed by atoms with Crippen molar-refractivity contribution in [2.24, 2.45) is 10.9 Å². The number of carbonyl (C=O) groups excluding carboxylic acids is 2. The molecule has 2 aliphatic rings. The monoisotopic (exact) mass is 521 g/mol. The van der Waals surface area contributed by atoms with Crippen molar-refractivity contribution in [3.05, 3.63) is 106 Å². The number of amides is 1. The number of esters is 1. The van der Waals surface area contributed by atoms with Crippen molar-refractivity contribution in [3.8, 4) is 11.1 Å². The zero-order chi connectivity index (χ0) is 27.4. The second-order valence-corrected chi connectivity index (χ2v) is 9.68. The summed E-state index contributed by atoms with van der Waals surface area (Å²) in [6.45, 7) is 0. The number of hydrogen-bond donors (Lipinski definition) is 0. The standard InChI is InChI=1S/C17H19NO2.C14H8N2O3/c1-20-17(19)14-7-4-6-13(11-14)16-10-9-12-5-2-3-8-15(12)18-16;17-14-13-7-10(1-2-11(13)8-15-14)9-3-5-12(6-4-9)16(18)19/h2-3,5,8-10,13-14H,4,6-7,11H2,1H3;1-8H. The Morgan fingerprint density at radius 3 is 2.51 bits per heavy atom. The molecular weight excluding hydrogens is 494 g/mol. The number of aliphatic imine (C=N–C) groups is 1. The van der Waals surface area contributed by atoms with E-state index in [1.807, 2.05) is 30.3 Å². The van der Waals surface area contributed by atoms with Gasteiger partial charge in [-0.05, 0) is 60.7 Å². The Hall–Kier alpha value is -4.72. The van der Waals surface area contributed by atoms with Crippen molar-refractivity contribution in [2.45, 2.75) is 31.6 Å². The van der Waals surface area contributed by atoms with Crippen LogP contribution in [0.2, 0.25) is 0 Å². The van der Waals surface area contributed by atoms with E-state index < -0.39 is 4.92 Å². The molecule has 1 saturated carbocycles. The largest absolute Gasteiger partial charge is 0.469 e. The normalized spacial score (nSPS) is 17.7. The van der Waals surface area contributed by atoms with E-state index in [2.05, 4.69) is 23.2 Å². The summed E-state index contributed by atoms with van der Waals surface area (Å²) >= 11 is 0. The van der Waals surface area contributed by atoms with Gasteiger partial charge in [-0.25, -0.2) is 4.99 Å². The van der Waals surface area contributed by atoms with Crippen LogP contribution < -0.4 is 0 Å². The zero-order valence-electron chi connectivity index (χ0n) is 21.4. The molecule has 0 saturated heterocycles. The molecule has 1 amide bonds. The molecule has 0 radical (unpaired) electrons. The lowest BCUT2D eigenvalue weighted by molar-refractivity contribution is -0.384. The number of ether oxygens (including phenoxy) is 1. The van der Waals surface area contributed by atoms with Crippen LogP contribution in [0.1, 0.15) is 53.2 Å². The second-order valence-electron chi connectivity index (χ2n) is 9.68. The number of carbonyl (C=O) groups is 2. The molecule has 4 aromatic rings. The van der Waals surface area contributed by atoms with E-state index in [0.29, 0.717) is 11.5 Å². The zero-order valence-corrected chi connectivity index (χ0v) is 21.4. The predicted octanol–water partition coefficient (Wildman–Crippen LogP) is 6.52. The fourth-order valence-electron chi connectivity index (χ4n) is 5.16. The van der Waals surface area contributed by atoms with Crippen LogP contribution in [0.3, 0.4) is 0 Å². The van der Waals surface area contributed by atoms with Crippen LogP contribution >= 0.6 is 0 Å². The van der Waals surface area contributed by atoms with Crippen LogP contribution in [0, 0.1) is 16.0 Å². The topological polar surface area (TPSA) is 112 Å². The molecule has 1 fully saturated rings. The van der Waals surface area contributed by atoms with Crippen molar-refractivity contribution in [1.29, 1.82) is 0 Å². The quantitative estimate of drug-likeness (QED) is 0.172. The molecule has 1 aliphatic carbocycles. The number of non-ortho nitro benzene ring substituents is 1. The van der Waals surface area contributed by atoms with Gasteiger partial charge in [-0.1, -0.05) is 42.8 Å². The first kappa shape index (κ1) is 25.9. The van der Waals surface area contributed by atoms with E-state index in [4.69, 9.17) is 9.72 Å². The molecule has 196 valence electrons. The van der Waals surface area contributed by atoms with E-state index >= 15 is 0 Å².